The lowest BCUT2D eigenvalue weighted by Gasteiger charge is -2.02. The number of para-hydroxylation sites is 1. The van der Waals surface area contributed by atoms with Crippen molar-refractivity contribution in [2.75, 3.05) is 6.54 Å². The lowest BCUT2D eigenvalue weighted by molar-refractivity contribution is 0.0928. The number of furan rings is 1. The zero-order valence-electron chi connectivity index (χ0n) is 11.5. The predicted molar refractivity (Wildman–Crippen MR) is 86.3 cm³/mol. The largest absolute Gasteiger partial charge is 0.449 e. The molecule has 0 radical (unpaired) electrons. The van der Waals surface area contributed by atoms with Crippen LogP contribution in [0.1, 0.15) is 21.0 Å². The summed E-state index contributed by atoms with van der Waals surface area (Å²) < 4.78 is 5.64. The number of carbonyl (C=O) groups is 1. The summed E-state index contributed by atoms with van der Waals surface area (Å²) in [7, 11) is 0. The van der Waals surface area contributed by atoms with Crippen LogP contribution in [0.3, 0.4) is 0 Å². The van der Waals surface area contributed by atoms with Gasteiger partial charge in [-0.2, -0.15) is 0 Å². The quantitative estimate of drug-likeness (QED) is 0.773. The molecule has 0 unspecified atom stereocenters. The number of carbonyl (C=O) groups excluding carboxylic acids is 1. The number of amides is 1. The molecule has 0 spiro atoms. The molecule has 2 aromatic heterocycles. The van der Waals surface area contributed by atoms with Gasteiger partial charge in [-0.25, -0.2) is 0 Å². The van der Waals surface area contributed by atoms with Gasteiger partial charge in [0, 0.05) is 22.4 Å². The summed E-state index contributed by atoms with van der Waals surface area (Å²) in [5.41, 5.74) is 1.39. The normalized spacial score (nSPS) is 11.0. The van der Waals surface area contributed by atoms with Crippen LogP contribution in [0.4, 0.5) is 0 Å². The van der Waals surface area contributed by atoms with Crippen molar-refractivity contribution in [1.82, 2.24) is 5.32 Å². The summed E-state index contributed by atoms with van der Waals surface area (Å²) in [6.07, 6.45) is 0.823. The zero-order chi connectivity index (χ0) is 14.8. The van der Waals surface area contributed by atoms with Crippen molar-refractivity contribution in [2.45, 2.75) is 13.3 Å². The second kappa shape index (κ2) is 5.92. The van der Waals surface area contributed by atoms with Gasteiger partial charge in [0.15, 0.2) is 11.3 Å². The van der Waals surface area contributed by atoms with Gasteiger partial charge < -0.3 is 9.73 Å². The van der Waals surface area contributed by atoms with E-state index in [1.54, 1.807) is 17.4 Å². The summed E-state index contributed by atoms with van der Waals surface area (Å²) in [6.45, 7) is 2.46. The molecule has 3 aromatic rings. The van der Waals surface area contributed by atoms with Crippen LogP contribution < -0.4 is 5.32 Å². The Bertz CT molecular complexity index is 777. The van der Waals surface area contributed by atoms with Crippen molar-refractivity contribution >= 4 is 39.8 Å². The lowest BCUT2D eigenvalue weighted by Crippen LogP contribution is -2.25. The van der Waals surface area contributed by atoms with Crippen LogP contribution >= 0.6 is 22.9 Å². The van der Waals surface area contributed by atoms with Crippen molar-refractivity contribution in [2.24, 2.45) is 0 Å². The van der Waals surface area contributed by atoms with Gasteiger partial charge in [-0.15, -0.1) is 11.3 Å². The van der Waals surface area contributed by atoms with Gasteiger partial charge in [0.1, 0.15) is 0 Å². The summed E-state index contributed by atoms with van der Waals surface area (Å²) >= 11 is 7.78. The zero-order valence-corrected chi connectivity index (χ0v) is 13.1. The Kier molecular flexibility index (Phi) is 3.99. The molecule has 0 fully saturated rings. The Morgan fingerprint density at radius 1 is 1.33 bits per heavy atom. The Hall–Kier alpha value is -1.78. The molecule has 3 nitrogen and oxygen atoms in total. The van der Waals surface area contributed by atoms with E-state index in [4.69, 9.17) is 16.0 Å². The predicted octanol–water partition coefficient (Wildman–Crippen LogP) is 4.43. The van der Waals surface area contributed by atoms with Crippen LogP contribution in [0.25, 0.3) is 11.0 Å². The molecule has 0 atom stereocenters. The first kappa shape index (κ1) is 14.2. The molecule has 1 aromatic carbocycles. The Labute approximate surface area is 131 Å². The highest BCUT2D eigenvalue weighted by Crippen LogP contribution is 2.30. The smallest absolute Gasteiger partial charge is 0.287 e. The molecular weight excluding hydrogens is 306 g/mol. The van der Waals surface area contributed by atoms with Crippen LogP contribution in [0, 0.1) is 6.92 Å². The van der Waals surface area contributed by atoms with Crippen LogP contribution in [0.2, 0.25) is 5.02 Å². The first-order valence-corrected chi connectivity index (χ1v) is 7.91. The van der Waals surface area contributed by atoms with Gasteiger partial charge in [-0.1, -0.05) is 29.8 Å². The van der Waals surface area contributed by atoms with Gasteiger partial charge in [-0.3, -0.25) is 4.79 Å². The van der Waals surface area contributed by atoms with Crippen molar-refractivity contribution in [1.29, 1.82) is 0 Å². The molecule has 2 heterocycles. The summed E-state index contributed by atoms with van der Waals surface area (Å²) in [6, 6.07) is 9.58. The number of hydrogen-bond donors (Lipinski definition) is 1. The third-order valence-corrected chi connectivity index (χ3v) is 4.59. The van der Waals surface area contributed by atoms with E-state index >= 15 is 0 Å². The molecule has 5 heteroatoms. The summed E-state index contributed by atoms with van der Waals surface area (Å²) in [5.74, 6) is 0.139. The highest BCUT2D eigenvalue weighted by molar-refractivity contribution is 7.09. The van der Waals surface area contributed by atoms with Crippen LogP contribution in [0.15, 0.2) is 40.1 Å². The van der Waals surface area contributed by atoms with Gasteiger partial charge >= 0.3 is 0 Å². The number of rotatable bonds is 4. The van der Waals surface area contributed by atoms with Crippen LogP contribution in [0.5, 0.6) is 0 Å². The number of nitrogens with one attached hydrogen (secondary N) is 1. The Morgan fingerprint density at radius 2 is 2.19 bits per heavy atom. The van der Waals surface area contributed by atoms with Crippen molar-refractivity contribution in [3.8, 4) is 0 Å². The topological polar surface area (TPSA) is 42.2 Å². The van der Waals surface area contributed by atoms with E-state index < -0.39 is 0 Å². The first-order chi connectivity index (χ1) is 10.2. The van der Waals surface area contributed by atoms with Gasteiger partial charge in [0.05, 0.1) is 5.02 Å². The third-order valence-electron chi connectivity index (χ3n) is 3.36. The highest BCUT2D eigenvalue weighted by atomic mass is 35.5. The molecule has 0 saturated heterocycles. The van der Waals surface area contributed by atoms with Crippen LogP contribution in [-0.4, -0.2) is 12.5 Å². The molecule has 0 aliphatic heterocycles. The third kappa shape index (κ3) is 2.82. The van der Waals surface area contributed by atoms with E-state index in [0.29, 0.717) is 22.9 Å². The molecule has 0 saturated carbocycles. The maximum absolute atomic E-state index is 12.2. The monoisotopic (exact) mass is 319 g/mol. The maximum atomic E-state index is 12.2. The van der Waals surface area contributed by atoms with E-state index in [2.05, 4.69) is 11.4 Å². The standard InChI is InChI=1S/C16H14ClNO2S/c1-10-12-5-2-6-13(17)15(12)20-14(10)16(19)18-8-7-11-4-3-9-21-11/h2-6,9H,7-8H2,1H3,(H,18,19). The second-order valence-electron chi connectivity index (χ2n) is 4.76. The minimum absolute atomic E-state index is 0.198. The molecule has 0 bridgehead atoms. The maximum Gasteiger partial charge on any atom is 0.287 e. The lowest BCUT2D eigenvalue weighted by atomic mass is 10.1. The van der Waals surface area contributed by atoms with E-state index in [1.807, 2.05) is 30.5 Å². The van der Waals surface area contributed by atoms with Crippen molar-refractivity contribution in [3.63, 3.8) is 0 Å². The van der Waals surface area contributed by atoms with E-state index in [9.17, 15) is 4.79 Å². The van der Waals surface area contributed by atoms with Gasteiger partial charge in [-0.05, 0) is 30.9 Å². The Balaban J connectivity index is 1.75. The minimum atomic E-state index is -0.198. The van der Waals surface area contributed by atoms with Crippen molar-refractivity contribution in [3.05, 3.63) is 56.9 Å². The van der Waals surface area contributed by atoms with E-state index in [-0.39, 0.29) is 5.91 Å². The molecular formula is C16H14ClNO2S. The van der Waals surface area contributed by atoms with Gasteiger partial charge in [0.2, 0.25) is 0 Å². The van der Waals surface area contributed by atoms with Crippen LogP contribution in [-0.2, 0) is 6.42 Å². The number of fused-ring (bicyclic) bond motifs is 1. The number of hydrogen-bond acceptors (Lipinski definition) is 3. The highest BCUT2D eigenvalue weighted by Gasteiger charge is 2.18. The van der Waals surface area contributed by atoms with Gasteiger partial charge in [0.25, 0.3) is 5.91 Å². The average Bonchev–Trinajstić information content (AvgIpc) is 3.08. The number of aryl methyl sites for hydroxylation is 1. The molecule has 0 aliphatic carbocycles. The first-order valence-electron chi connectivity index (χ1n) is 6.65. The second-order valence-corrected chi connectivity index (χ2v) is 6.20. The van der Waals surface area contributed by atoms with E-state index in [1.165, 1.54) is 4.88 Å². The SMILES string of the molecule is Cc1c(C(=O)NCCc2cccs2)oc2c(Cl)cccc12. The fraction of sp³-hybridized carbons (Fsp3) is 0.188. The number of thiophene rings is 1. The van der Waals surface area contributed by atoms with E-state index in [0.717, 1.165) is 17.4 Å². The Morgan fingerprint density at radius 3 is 2.90 bits per heavy atom. The number of benzene rings is 1. The average molecular weight is 320 g/mol. The van der Waals surface area contributed by atoms with Crippen molar-refractivity contribution < 1.29 is 9.21 Å². The molecule has 1 N–H and O–H groups in total. The fourth-order valence-corrected chi connectivity index (χ4v) is 3.18. The summed E-state index contributed by atoms with van der Waals surface area (Å²) in [4.78, 5) is 13.5. The molecule has 108 valence electrons. The fourth-order valence-electron chi connectivity index (χ4n) is 2.26. The minimum Gasteiger partial charge on any atom is -0.449 e. The molecule has 0 aliphatic rings. The summed E-state index contributed by atoms with van der Waals surface area (Å²) in [5, 5.41) is 6.32. The molecule has 21 heavy (non-hydrogen) atoms. The molecule has 3 rings (SSSR count). The number of halogens is 1. The molecule has 1 amide bonds.